The molecule has 2 aromatic rings. The van der Waals surface area contributed by atoms with Gasteiger partial charge in [-0.1, -0.05) is 37.7 Å². The van der Waals surface area contributed by atoms with Crippen molar-refractivity contribution in [2.45, 2.75) is 33.6 Å². The molecule has 0 unspecified atom stereocenters. The predicted molar refractivity (Wildman–Crippen MR) is 96.0 cm³/mol. The molecule has 4 nitrogen and oxygen atoms in total. The molecule has 1 heterocycles. The minimum Gasteiger partial charge on any atom is -0.478 e. The Bertz CT molecular complexity index is 780. The summed E-state index contributed by atoms with van der Waals surface area (Å²) >= 11 is 11.6. The molecule has 0 aliphatic rings. The molecule has 122 valence electrons. The fourth-order valence-corrected chi connectivity index (χ4v) is 3.08. The lowest BCUT2D eigenvalue weighted by Crippen LogP contribution is -2.12. The Hall–Kier alpha value is -1.85. The smallest absolute Gasteiger partial charge is 0.337 e. The molecular formula is C17H18ClNO3S. The van der Waals surface area contributed by atoms with E-state index >= 15 is 0 Å². The molecule has 6 heteroatoms. The van der Waals surface area contributed by atoms with Gasteiger partial charge in [-0.2, -0.15) is 0 Å². The number of carboxylic acids is 1. The summed E-state index contributed by atoms with van der Waals surface area (Å²) in [5.41, 5.74) is 2.20. The number of hydrogen-bond donors (Lipinski definition) is 2. The first-order valence-electron chi connectivity index (χ1n) is 7.15. The van der Waals surface area contributed by atoms with Crippen molar-refractivity contribution in [3.8, 4) is 0 Å². The quantitative estimate of drug-likeness (QED) is 0.745. The van der Waals surface area contributed by atoms with Crippen LogP contribution in [0.4, 0.5) is 5.69 Å². The number of halogens is 1. The van der Waals surface area contributed by atoms with Gasteiger partial charge in [0, 0.05) is 5.69 Å². The minimum atomic E-state index is -1.07. The Morgan fingerprint density at radius 3 is 2.39 bits per heavy atom. The van der Waals surface area contributed by atoms with E-state index in [0.717, 1.165) is 22.6 Å². The lowest BCUT2D eigenvalue weighted by Gasteiger charge is -2.15. The number of hydrogen-bond acceptors (Lipinski definition) is 3. The van der Waals surface area contributed by atoms with E-state index in [1.54, 1.807) is 0 Å². The molecule has 0 saturated heterocycles. The number of benzene rings is 1. The fraction of sp³-hybridized carbons (Fsp3) is 0.294. The third-order valence-corrected chi connectivity index (χ3v) is 4.24. The third kappa shape index (κ3) is 3.74. The highest BCUT2D eigenvalue weighted by atomic mass is 35.5. The SMILES string of the molecule is Cc1cc(C(=S)Nc2cc(C(=O)O)c(Cl)c(C(C)C)c2)c(C)o1. The number of nitrogens with one attached hydrogen (secondary N) is 1. The van der Waals surface area contributed by atoms with Gasteiger partial charge in [0.1, 0.15) is 16.5 Å². The molecule has 0 spiro atoms. The molecule has 0 aliphatic carbocycles. The number of thiocarbonyl (C=S) groups is 1. The molecule has 0 saturated carbocycles. The third-order valence-electron chi connectivity index (χ3n) is 3.50. The molecule has 0 fully saturated rings. The molecule has 1 aromatic carbocycles. The van der Waals surface area contributed by atoms with E-state index in [2.05, 4.69) is 5.32 Å². The molecule has 0 radical (unpaired) electrons. The van der Waals surface area contributed by atoms with Crippen molar-refractivity contribution < 1.29 is 14.3 Å². The Balaban J connectivity index is 2.41. The minimum absolute atomic E-state index is 0.0586. The van der Waals surface area contributed by atoms with Crippen molar-refractivity contribution in [1.29, 1.82) is 0 Å². The van der Waals surface area contributed by atoms with Crippen LogP contribution in [0.3, 0.4) is 0 Å². The van der Waals surface area contributed by atoms with E-state index in [1.807, 2.05) is 39.8 Å². The molecule has 2 rings (SSSR count). The molecule has 0 aliphatic heterocycles. The van der Waals surface area contributed by atoms with E-state index in [1.165, 1.54) is 6.07 Å². The van der Waals surface area contributed by atoms with Crippen LogP contribution in [0.2, 0.25) is 5.02 Å². The van der Waals surface area contributed by atoms with Gasteiger partial charge in [-0.15, -0.1) is 0 Å². The van der Waals surface area contributed by atoms with E-state index in [4.69, 9.17) is 28.2 Å². The summed E-state index contributed by atoms with van der Waals surface area (Å²) in [5, 5.41) is 12.7. The van der Waals surface area contributed by atoms with Crippen molar-refractivity contribution in [2.24, 2.45) is 0 Å². The van der Waals surface area contributed by atoms with Crippen LogP contribution in [0.15, 0.2) is 22.6 Å². The van der Waals surface area contributed by atoms with E-state index in [0.29, 0.717) is 10.7 Å². The maximum absolute atomic E-state index is 11.4. The van der Waals surface area contributed by atoms with Crippen LogP contribution in [0.25, 0.3) is 0 Å². The Kier molecular flexibility index (Phi) is 5.12. The average Bonchev–Trinajstić information content (AvgIpc) is 2.78. The summed E-state index contributed by atoms with van der Waals surface area (Å²) in [6.07, 6.45) is 0. The Labute approximate surface area is 145 Å². The molecule has 2 N–H and O–H groups in total. The average molecular weight is 352 g/mol. The van der Waals surface area contributed by atoms with Crippen molar-refractivity contribution in [2.75, 3.05) is 5.32 Å². The zero-order chi connectivity index (χ0) is 17.3. The summed E-state index contributed by atoms with van der Waals surface area (Å²) < 4.78 is 5.47. The lowest BCUT2D eigenvalue weighted by molar-refractivity contribution is 0.0697. The number of rotatable bonds is 4. The summed E-state index contributed by atoms with van der Waals surface area (Å²) in [6.45, 7) is 7.60. The first-order valence-corrected chi connectivity index (χ1v) is 7.94. The number of aromatic carboxylic acids is 1. The molecule has 23 heavy (non-hydrogen) atoms. The van der Waals surface area contributed by atoms with Gasteiger partial charge in [0.15, 0.2) is 0 Å². The molecular weight excluding hydrogens is 334 g/mol. The van der Waals surface area contributed by atoms with Gasteiger partial charge in [0.25, 0.3) is 0 Å². The van der Waals surface area contributed by atoms with Crippen LogP contribution >= 0.6 is 23.8 Å². The second-order valence-electron chi connectivity index (χ2n) is 5.67. The fourth-order valence-electron chi connectivity index (χ4n) is 2.35. The summed E-state index contributed by atoms with van der Waals surface area (Å²) in [6, 6.07) is 5.17. The zero-order valence-electron chi connectivity index (χ0n) is 13.4. The second kappa shape index (κ2) is 6.72. The number of carboxylic acid groups (broad SMARTS) is 1. The number of anilines is 1. The van der Waals surface area contributed by atoms with Crippen LogP contribution in [0.5, 0.6) is 0 Å². The van der Waals surface area contributed by atoms with Crippen molar-refractivity contribution >= 4 is 40.5 Å². The first-order chi connectivity index (χ1) is 10.7. The number of furan rings is 1. The number of carbonyl (C=O) groups is 1. The zero-order valence-corrected chi connectivity index (χ0v) is 14.9. The molecule has 0 atom stereocenters. The standard InChI is InChI=1S/C17H18ClNO3S/c1-8(2)12-6-11(7-14(15(12)18)17(20)21)19-16(23)13-5-9(3)22-10(13)4/h5-8H,1-4H3,(H,19,23)(H,20,21). The topological polar surface area (TPSA) is 62.5 Å². The molecule has 0 bridgehead atoms. The summed E-state index contributed by atoms with van der Waals surface area (Å²) in [7, 11) is 0. The van der Waals surface area contributed by atoms with Crippen LogP contribution in [-0.4, -0.2) is 16.1 Å². The highest BCUT2D eigenvalue weighted by molar-refractivity contribution is 7.81. The van der Waals surface area contributed by atoms with Gasteiger partial charge in [-0.25, -0.2) is 4.79 Å². The van der Waals surface area contributed by atoms with Crippen LogP contribution in [0.1, 0.15) is 52.8 Å². The normalized spacial score (nSPS) is 10.9. The van der Waals surface area contributed by atoms with Crippen LogP contribution in [0, 0.1) is 13.8 Å². The van der Waals surface area contributed by atoms with Crippen molar-refractivity contribution in [1.82, 2.24) is 0 Å². The van der Waals surface area contributed by atoms with Gasteiger partial charge in [0.05, 0.1) is 16.1 Å². The van der Waals surface area contributed by atoms with Gasteiger partial charge in [-0.05, 0) is 43.5 Å². The van der Waals surface area contributed by atoms with Gasteiger partial charge in [-0.3, -0.25) is 0 Å². The Morgan fingerprint density at radius 2 is 1.91 bits per heavy atom. The highest BCUT2D eigenvalue weighted by Gasteiger charge is 2.18. The van der Waals surface area contributed by atoms with Crippen molar-refractivity contribution in [3.63, 3.8) is 0 Å². The Morgan fingerprint density at radius 1 is 1.26 bits per heavy atom. The van der Waals surface area contributed by atoms with E-state index in [-0.39, 0.29) is 16.5 Å². The van der Waals surface area contributed by atoms with Gasteiger partial charge >= 0.3 is 5.97 Å². The second-order valence-corrected chi connectivity index (χ2v) is 6.45. The van der Waals surface area contributed by atoms with Crippen LogP contribution in [-0.2, 0) is 0 Å². The predicted octanol–water partition coefficient (Wildman–Crippen LogP) is 5.16. The number of aryl methyl sites for hydroxylation is 2. The van der Waals surface area contributed by atoms with E-state index in [9.17, 15) is 9.90 Å². The van der Waals surface area contributed by atoms with Gasteiger partial charge in [0.2, 0.25) is 0 Å². The lowest BCUT2D eigenvalue weighted by atomic mass is 9.99. The maximum atomic E-state index is 11.4. The van der Waals surface area contributed by atoms with Crippen molar-refractivity contribution in [3.05, 3.63) is 51.4 Å². The highest BCUT2D eigenvalue weighted by Crippen LogP contribution is 2.31. The molecule has 1 aromatic heterocycles. The summed E-state index contributed by atoms with van der Waals surface area (Å²) in [4.78, 5) is 11.9. The maximum Gasteiger partial charge on any atom is 0.337 e. The van der Waals surface area contributed by atoms with Gasteiger partial charge < -0.3 is 14.8 Å². The largest absolute Gasteiger partial charge is 0.478 e. The van der Waals surface area contributed by atoms with E-state index < -0.39 is 5.97 Å². The summed E-state index contributed by atoms with van der Waals surface area (Å²) in [5.74, 6) is 0.513. The monoisotopic (exact) mass is 351 g/mol. The first kappa shape index (κ1) is 17.5. The van der Waals surface area contributed by atoms with Crippen LogP contribution < -0.4 is 5.32 Å². The molecule has 0 amide bonds.